The van der Waals surface area contributed by atoms with Gasteiger partial charge < -0.3 is 24.5 Å². The molecule has 1 saturated heterocycles. The Hall–Kier alpha value is -2.64. The minimum Gasteiger partial charge on any atom is -0.496 e. The quantitative estimate of drug-likeness (QED) is 0.737. The summed E-state index contributed by atoms with van der Waals surface area (Å²) in [7, 11) is 10.00. The molecule has 1 fully saturated rings. The first-order chi connectivity index (χ1) is 14.8. The standard InChI is InChI=1S/C23H33N3O2.CH2O2/c1-24(2)19-12-10-18(14-25(3)16-19)23(27)26(4)15-17-11-13-22(28-5)21-9-7-6-8-20(17)21;2-1-3/h6-9,11,13,18-19H,10,12,14-16H2,1-5H3;1H,(H,2,3)/t18-,19+;/m1./s1. The van der Waals surface area contributed by atoms with E-state index in [0.29, 0.717) is 12.6 Å². The van der Waals surface area contributed by atoms with Crippen LogP contribution in [0, 0.1) is 5.92 Å². The van der Waals surface area contributed by atoms with Gasteiger partial charge in [-0.2, -0.15) is 0 Å². The van der Waals surface area contributed by atoms with Crippen LogP contribution in [0.2, 0.25) is 0 Å². The zero-order chi connectivity index (χ0) is 23.0. The highest BCUT2D eigenvalue weighted by Gasteiger charge is 2.29. The molecule has 1 amide bonds. The molecule has 1 aliphatic rings. The Labute approximate surface area is 185 Å². The average Bonchev–Trinajstić information content (AvgIpc) is 2.95. The van der Waals surface area contributed by atoms with E-state index in [9.17, 15) is 4.79 Å². The first-order valence-corrected chi connectivity index (χ1v) is 10.5. The van der Waals surface area contributed by atoms with Gasteiger partial charge in [-0.3, -0.25) is 9.59 Å². The van der Waals surface area contributed by atoms with Gasteiger partial charge in [-0.15, -0.1) is 0 Å². The first kappa shape index (κ1) is 24.6. The third-order valence-electron chi connectivity index (χ3n) is 5.96. The maximum Gasteiger partial charge on any atom is 0.290 e. The number of hydrogen-bond donors (Lipinski definition) is 1. The molecule has 3 rings (SSSR count). The summed E-state index contributed by atoms with van der Waals surface area (Å²) >= 11 is 0. The van der Waals surface area contributed by atoms with Crippen molar-refractivity contribution < 1.29 is 19.4 Å². The Morgan fingerprint density at radius 2 is 1.77 bits per heavy atom. The van der Waals surface area contributed by atoms with Crippen molar-refractivity contribution in [1.82, 2.24) is 14.7 Å². The number of nitrogens with zero attached hydrogens (tertiary/aromatic N) is 3. The molecule has 0 unspecified atom stereocenters. The molecule has 2 atom stereocenters. The summed E-state index contributed by atoms with van der Waals surface area (Å²) < 4.78 is 5.50. The Morgan fingerprint density at radius 1 is 1.13 bits per heavy atom. The van der Waals surface area contributed by atoms with Crippen molar-refractivity contribution in [3.63, 3.8) is 0 Å². The largest absolute Gasteiger partial charge is 0.496 e. The lowest BCUT2D eigenvalue weighted by atomic mass is 9.99. The maximum atomic E-state index is 13.2. The smallest absolute Gasteiger partial charge is 0.290 e. The molecule has 0 spiro atoms. The van der Waals surface area contributed by atoms with Gasteiger partial charge in [0.05, 0.1) is 13.0 Å². The van der Waals surface area contributed by atoms with E-state index >= 15 is 0 Å². The highest BCUT2D eigenvalue weighted by molar-refractivity contribution is 5.91. The summed E-state index contributed by atoms with van der Waals surface area (Å²) in [5.74, 6) is 1.17. The highest BCUT2D eigenvalue weighted by Crippen LogP contribution is 2.29. The van der Waals surface area contributed by atoms with E-state index in [4.69, 9.17) is 14.6 Å². The minimum atomic E-state index is -0.250. The lowest BCUT2D eigenvalue weighted by Gasteiger charge is -2.26. The number of amides is 1. The van der Waals surface area contributed by atoms with Crippen LogP contribution in [0.1, 0.15) is 18.4 Å². The molecule has 7 nitrogen and oxygen atoms in total. The second kappa shape index (κ2) is 11.7. The van der Waals surface area contributed by atoms with Gasteiger partial charge in [0.2, 0.25) is 5.91 Å². The van der Waals surface area contributed by atoms with Crippen LogP contribution in [0.15, 0.2) is 36.4 Å². The number of carbonyl (C=O) groups excluding carboxylic acids is 1. The van der Waals surface area contributed by atoms with Crippen LogP contribution >= 0.6 is 0 Å². The van der Waals surface area contributed by atoms with E-state index < -0.39 is 0 Å². The molecule has 0 radical (unpaired) electrons. The number of rotatable bonds is 5. The number of benzene rings is 2. The lowest BCUT2D eigenvalue weighted by molar-refractivity contribution is -0.135. The molecule has 0 saturated carbocycles. The van der Waals surface area contributed by atoms with Crippen molar-refractivity contribution in [2.24, 2.45) is 5.92 Å². The van der Waals surface area contributed by atoms with E-state index in [-0.39, 0.29) is 18.3 Å². The molecular formula is C24H35N3O4. The van der Waals surface area contributed by atoms with Gasteiger partial charge in [0, 0.05) is 38.1 Å². The van der Waals surface area contributed by atoms with Crippen LogP contribution in [0.5, 0.6) is 5.75 Å². The van der Waals surface area contributed by atoms with E-state index in [1.165, 1.54) is 0 Å². The van der Waals surface area contributed by atoms with E-state index in [1.54, 1.807) is 7.11 Å². The summed E-state index contributed by atoms with van der Waals surface area (Å²) in [6.07, 6.45) is 2.01. The van der Waals surface area contributed by atoms with Crippen molar-refractivity contribution in [2.75, 3.05) is 48.4 Å². The predicted molar refractivity (Wildman–Crippen MR) is 123 cm³/mol. The van der Waals surface area contributed by atoms with Crippen molar-refractivity contribution in [3.05, 3.63) is 42.0 Å². The van der Waals surface area contributed by atoms with Crippen molar-refractivity contribution >= 4 is 23.2 Å². The number of hydrogen-bond acceptors (Lipinski definition) is 5. The van der Waals surface area contributed by atoms with Gasteiger partial charge in [0.1, 0.15) is 5.75 Å². The zero-order valence-corrected chi connectivity index (χ0v) is 19.2. The van der Waals surface area contributed by atoms with Gasteiger partial charge in [-0.05, 0) is 51.0 Å². The number of fused-ring (bicyclic) bond motifs is 1. The summed E-state index contributed by atoms with van der Waals surface area (Å²) in [4.78, 5) is 28.0. The summed E-state index contributed by atoms with van der Waals surface area (Å²) in [5.41, 5.74) is 1.15. The van der Waals surface area contributed by atoms with Crippen LogP contribution in [0.3, 0.4) is 0 Å². The van der Waals surface area contributed by atoms with Crippen LogP contribution in [0.4, 0.5) is 0 Å². The Morgan fingerprint density at radius 3 is 2.39 bits per heavy atom. The average molecular weight is 430 g/mol. The second-order valence-electron chi connectivity index (χ2n) is 8.39. The fourth-order valence-electron chi connectivity index (χ4n) is 4.30. The predicted octanol–water partition coefficient (Wildman–Crippen LogP) is 2.78. The number of methoxy groups -OCH3 is 1. The van der Waals surface area contributed by atoms with E-state index in [2.05, 4.69) is 49.1 Å². The molecule has 31 heavy (non-hydrogen) atoms. The maximum absolute atomic E-state index is 13.2. The molecule has 1 heterocycles. The molecule has 1 N–H and O–H groups in total. The third kappa shape index (κ3) is 6.42. The molecule has 0 aromatic heterocycles. The van der Waals surface area contributed by atoms with Crippen molar-refractivity contribution in [1.29, 1.82) is 0 Å². The molecule has 1 aliphatic heterocycles. The van der Waals surface area contributed by atoms with Crippen LogP contribution in [-0.2, 0) is 16.1 Å². The number of carboxylic acid groups (broad SMARTS) is 1. The van der Waals surface area contributed by atoms with Gasteiger partial charge in [0.15, 0.2) is 0 Å². The summed E-state index contributed by atoms with van der Waals surface area (Å²) in [6, 6.07) is 12.8. The van der Waals surface area contributed by atoms with Crippen molar-refractivity contribution in [2.45, 2.75) is 25.4 Å². The van der Waals surface area contributed by atoms with Crippen molar-refractivity contribution in [3.8, 4) is 5.75 Å². The molecule has 0 aliphatic carbocycles. The van der Waals surface area contributed by atoms with Crippen LogP contribution < -0.4 is 4.74 Å². The normalized spacial score (nSPS) is 19.3. The monoisotopic (exact) mass is 429 g/mol. The number of likely N-dealkylation sites (tertiary alicyclic amines) is 1. The Kier molecular flexibility index (Phi) is 9.27. The van der Waals surface area contributed by atoms with Gasteiger partial charge in [-0.1, -0.05) is 30.3 Å². The van der Waals surface area contributed by atoms with Gasteiger partial charge in [-0.25, -0.2) is 0 Å². The SMILES string of the molecule is COc1ccc(CN(C)C(=O)[C@@H]2CC[C@H](N(C)C)CN(C)C2)c2ccccc12.O=CO. The Balaban J connectivity index is 0.00000107. The molecule has 7 heteroatoms. The molecule has 170 valence electrons. The minimum absolute atomic E-state index is 0.0597. The second-order valence-corrected chi connectivity index (χ2v) is 8.39. The third-order valence-corrected chi connectivity index (χ3v) is 5.96. The molecule has 2 aromatic carbocycles. The number of ether oxygens (including phenoxy) is 1. The number of likely N-dealkylation sites (N-methyl/N-ethyl adjacent to an activating group) is 2. The fraction of sp³-hybridized carbons (Fsp3) is 0.500. The Bertz CT molecular complexity index is 871. The molecule has 0 bridgehead atoms. The van der Waals surface area contributed by atoms with Crippen LogP contribution in [-0.4, -0.2) is 86.6 Å². The fourth-order valence-corrected chi connectivity index (χ4v) is 4.30. The number of carbonyl (C=O) groups is 2. The first-order valence-electron chi connectivity index (χ1n) is 10.5. The van der Waals surface area contributed by atoms with Gasteiger partial charge in [0.25, 0.3) is 6.47 Å². The van der Waals surface area contributed by atoms with E-state index in [1.807, 2.05) is 30.1 Å². The lowest BCUT2D eigenvalue weighted by Crippen LogP contribution is -2.39. The molecular weight excluding hydrogens is 394 g/mol. The highest BCUT2D eigenvalue weighted by atomic mass is 16.5. The topological polar surface area (TPSA) is 73.3 Å². The summed E-state index contributed by atoms with van der Waals surface area (Å²) in [6.45, 7) is 2.21. The zero-order valence-electron chi connectivity index (χ0n) is 19.2. The molecule has 2 aromatic rings. The van der Waals surface area contributed by atoms with Crippen LogP contribution in [0.25, 0.3) is 10.8 Å². The summed E-state index contributed by atoms with van der Waals surface area (Å²) in [5, 5.41) is 9.12. The van der Waals surface area contributed by atoms with Gasteiger partial charge >= 0.3 is 0 Å². The van der Waals surface area contributed by atoms with E-state index in [0.717, 1.165) is 48.0 Å².